The van der Waals surface area contributed by atoms with Gasteiger partial charge < -0.3 is 0 Å². The number of benzene rings is 8. The third kappa shape index (κ3) is 2.66. The lowest BCUT2D eigenvalue weighted by atomic mass is 9.89. The molecule has 9 aromatic carbocycles. The van der Waals surface area contributed by atoms with Crippen LogP contribution < -0.4 is 5.56 Å². The lowest BCUT2D eigenvalue weighted by Gasteiger charge is -2.13. The van der Waals surface area contributed by atoms with Crippen molar-refractivity contribution in [1.82, 2.24) is 9.38 Å². The van der Waals surface area contributed by atoms with Gasteiger partial charge in [0.1, 0.15) is 5.65 Å². The van der Waals surface area contributed by atoms with Gasteiger partial charge in [-0.15, -0.1) is 0 Å². The Balaban J connectivity index is 1.50. The van der Waals surface area contributed by atoms with Crippen LogP contribution >= 0.6 is 22.6 Å². The minimum Gasteiger partial charge on any atom is -0.268 e. The Kier molecular flexibility index (Phi) is 4.20. The minimum absolute atomic E-state index is 0.00320. The van der Waals surface area contributed by atoms with Crippen LogP contribution in [-0.4, -0.2) is 9.38 Å². The fourth-order valence-corrected chi connectivity index (χ4v) is 8.61. The van der Waals surface area contributed by atoms with E-state index in [1.165, 1.54) is 54.2 Å². The fraction of sp³-hybridized carbons (Fsp3) is 0. The number of aromatic nitrogens is 2. The van der Waals surface area contributed by atoms with Crippen LogP contribution in [0, 0.1) is 3.57 Å². The maximum absolute atomic E-state index is 14.7. The van der Waals surface area contributed by atoms with E-state index in [0.29, 0.717) is 0 Å². The number of nitrogens with zero attached hydrogens (tertiary/aromatic N) is 2. The van der Waals surface area contributed by atoms with Crippen molar-refractivity contribution in [1.29, 1.82) is 0 Å². The largest absolute Gasteiger partial charge is 0.268 e. The lowest BCUT2D eigenvalue weighted by Crippen LogP contribution is -2.06. The van der Waals surface area contributed by atoms with Gasteiger partial charge in [-0.05, 0) is 129 Å². The van der Waals surface area contributed by atoms with Crippen molar-refractivity contribution in [3.63, 3.8) is 0 Å². The van der Waals surface area contributed by atoms with Crippen LogP contribution in [0.4, 0.5) is 0 Å². The highest BCUT2D eigenvalue weighted by atomic mass is 127. The van der Waals surface area contributed by atoms with Gasteiger partial charge >= 0.3 is 0 Å². The van der Waals surface area contributed by atoms with Crippen LogP contribution in [0.5, 0.6) is 0 Å². The fourth-order valence-electron chi connectivity index (χ4n) is 8.13. The molecule has 2 heterocycles. The van der Waals surface area contributed by atoms with Gasteiger partial charge in [-0.25, -0.2) is 4.98 Å². The molecule has 0 spiro atoms. The summed E-state index contributed by atoms with van der Waals surface area (Å²) in [6, 6.07) is 41.1. The summed E-state index contributed by atoms with van der Waals surface area (Å²) in [5.74, 6) is 0. The molecule has 0 amide bonds. The van der Waals surface area contributed by atoms with Crippen molar-refractivity contribution in [2.45, 2.75) is 0 Å². The molecule has 2 aromatic heterocycles. The third-order valence-corrected chi connectivity index (χ3v) is 10.5. The molecular formula is C40H19IN2O. The first kappa shape index (κ1) is 23.4. The molecule has 0 fully saturated rings. The highest BCUT2D eigenvalue weighted by Crippen LogP contribution is 2.54. The summed E-state index contributed by atoms with van der Waals surface area (Å²) in [5, 5.41) is 13.8. The van der Waals surface area contributed by atoms with Crippen LogP contribution in [-0.2, 0) is 0 Å². The van der Waals surface area contributed by atoms with Crippen molar-refractivity contribution in [2.24, 2.45) is 0 Å². The Morgan fingerprint density at radius 3 is 1.70 bits per heavy atom. The molecule has 0 bridgehead atoms. The van der Waals surface area contributed by atoms with Gasteiger partial charge in [0.15, 0.2) is 0 Å². The zero-order valence-corrected chi connectivity index (χ0v) is 25.3. The maximum atomic E-state index is 14.7. The highest BCUT2D eigenvalue weighted by molar-refractivity contribution is 14.1. The molecule has 0 radical (unpaired) electrons. The summed E-state index contributed by atoms with van der Waals surface area (Å²) < 4.78 is 2.95. The SMILES string of the molecule is O=c1c2c3cc(-c4ccccc4)c4ccc5ccc6c(-c7ccccc7)cc(c7c6c5c4c37)c2c2nc3cc(I)ccc3n12. The first-order valence-electron chi connectivity index (χ1n) is 14.8. The number of halogens is 1. The van der Waals surface area contributed by atoms with Gasteiger partial charge in [-0.3, -0.25) is 9.20 Å². The number of fused-ring (bicyclic) bond motifs is 7. The number of imidazole rings is 1. The first-order valence-corrected chi connectivity index (χ1v) is 15.9. The topological polar surface area (TPSA) is 34.4 Å². The first-order chi connectivity index (χ1) is 21.7. The summed E-state index contributed by atoms with van der Waals surface area (Å²) in [4.78, 5) is 19.9. The molecule has 3 nitrogen and oxygen atoms in total. The average molecular weight is 671 g/mol. The Morgan fingerprint density at radius 1 is 0.523 bits per heavy atom. The standard InChI is InChI=1S/C40H19IN2O/c41-23-13-16-31-30(17-23)42-39-37-28-18-26(20-7-3-1-4-8-20)24-14-11-22-12-15-25-27(21-9-5-2-6-10-21)19-29(38(37)40(44)43(31)39)36-34(25)32(22)33(24)35(28)36/h1-19H. The van der Waals surface area contributed by atoms with Gasteiger partial charge in [0.2, 0.25) is 0 Å². The summed E-state index contributed by atoms with van der Waals surface area (Å²) in [5.41, 5.74) is 7.11. The molecule has 202 valence electrons. The normalized spacial score (nSPS) is 12.8. The molecule has 0 aliphatic heterocycles. The monoisotopic (exact) mass is 670 g/mol. The average Bonchev–Trinajstić information content (AvgIpc) is 3.71. The second-order valence-corrected chi connectivity index (χ2v) is 13.2. The molecule has 11 aromatic rings. The molecule has 0 saturated heterocycles. The van der Waals surface area contributed by atoms with Gasteiger partial charge in [0.25, 0.3) is 5.56 Å². The quantitative estimate of drug-likeness (QED) is 0.136. The van der Waals surface area contributed by atoms with Gasteiger partial charge in [0, 0.05) is 8.96 Å². The zero-order valence-electron chi connectivity index (χ0n) is 23.2. The van der Waals surface area contributed by atoms with E-state index < -0.39 is 0 Å². The molecule has 4 heteroatoms. The van der Waals surface area contributed by atoms with Crippen molar-refractivity contribution in [2.75, 3.05) is 0 Å². The van der Waals surface area contributed by atoms with Crippen molar-refractivity contribution < 1.29 is 0 Å². The number of hydrogen-bond acceptors (Lipinski definition) is 2. The Labute approximate surface area is 263 Å². The Hall–Kier alpha value is -5.07. The summed E-state index contributed by atoms with van der Waals surface area (Å²) in [6.45, 7) is 0. The van der Waals surface area contributed by atoms with Crippen LogP contribution in [0.25, 0.3) is 104 Å². The smallest absolute Gasteiger partial charge is 0.265 e. The van der Waals surface area contributed by atoms with E-state index in [9.17, 15) is 4.79 Å². The van der Waals surface area contributed by atoms with E-state index in [4.69, 9.17) is 4.98 Å². The van der Waals surface area contributed by atoms with E-state index >= 15 is 0 Å². The van der Waals surface area contributed by atoms with Gasteiger partial charge in [-0.1, -0.05) is 84.9 Å². The molecule has 0 saturated carbocycles. The Bertz CT molecular complexity index is 2990. The van der Waals surface area contributed by atoms with Gasteiger partial charge in [0.05, 0.1) is 16.4 Å². The van der Waals surface area contributed by atoms with Crippen LogP contribution in [0.2, 0.25) is 0 Å². The van der Waals surface area contributed by atoms with Crippen LogP contribution in [0.15, 0.2) is 120 Å². The molecule has 0 aliphatic carbocycles. The molecule has 0 N–H and O–H groups in total. The van der Waals surface area contributed by atoms with Crippen molar-refractivity contribution in [3.8, 4) is 22.3 Å². The predicted octanol–water partition coefficient (Wildman–Crippen LogP) is 10.5. The highest BCUT2D eigenvalue weighted by Gasteiger charge is 2.29. The maximum Gasteiger partial charge on any atom is 0.265 e. The van der Waals surface area contributed by atoms with E-state index in [2.05, 4.69) is 132 Å². The molecular weight excluding hydrogens is 651 g/mol. The zero-order chi connectivity index (χ0) is 28.8. The van der Waals surface area contributed by atoms with Crippen LogP contribution in [0.1, 0.15) is 0 Å². The Morgan fingerprint density at radius 2 is 1.09 bits per heavy atom. The van der Waals surface area contributed by atoms with Gasteiger partial charge in [-0.2, -0.15) is 0 Å². The van der Waals surface area contributed by atoms with Crippen molar-refractivity contribution in [3.05, 3.63) is 129 Å². The van der Waals surface area contributed by atoms with E-state index in [1.807, 2.05) is 10.5 Å². The lowest BCUT2D eigenvalue weighted by molar-refractivity contribution is 1.21. The predicted molar refractivity (Wildman–Crippen MR) is 192 cm³/mol. The summed E-state index contributed by atoms with van der Waals surface area (Å²) in [7, 11) is 0. The second kappa shape index (κ2) is 7.90. The van der Waals surface area contributed by atoms with E-state index in [1.54, 1.807) is 0 Å². The number of hydrogen-bond donors (Lipinski definition) is 0. The van der Waals surface area contributed by atoms with E-state index in [-0.39, 0.29) is 5.56 Å². The molecule has 11 rings (SSSR count). The van der Waals surface area contributed by atoms with E-state index in [0.717, 1.165) is 52.9 Å². The molecule has 44 heavy (non-hydrogen) atoms. The molecule has 0 aliphatic rings. The second-order valence-electron chi connectivity index (χ2n) is 12.0. The van der Waals surface area contributed by atoms with Crippen LogP contribution in [0.3, 0.4) is 0 Å². The summed E-state index contributed by atoms with van der Waals surface area (Å²) in [6.07, 6.45) is 0. The summed E-state index contributed by atoms with van der Waals surface area (Å²) >= 11 is 2.32. The number of rotatable bonds is 2. The molecule has 0 unspecified atom stereocenters. The third-order valence-electron chi connectivity index (χ3n) is 9.85. The molecule has 0 atom stereocenters. The minimum atomic E-state index is 0.00320. The van der Waals surface area contributed by atoms with Crippen molar-refractivity contribution >= 4 is 104 Å².